The largest absolute Gasteiger partial charge is 0.508 e. The van der Waals surface area contributed by atoms with Crippen molar-refractivity contribution in [2.45, 2.75) is 141 Å². The standard InChI is InChI=1S/C29H48O4/c1-4-5-6-7-8-9-10-11-12-13-14-15-27-23-28(33-29(2,3)32-27)22-26(31)21-18-24-16-19-25(30)20-17-24/h16-17,19-20,27-28,30H,4-15,18,21-23H2,1-3H3/t27-,28-/m1/s1. The van der Waals surface area contributed by atoms with Crippen LogP contribution in [0, 0.1) is 0 Å². The van der Waals surface area contributed by atoms with E-state index in [1.165, 1.54) is 70.6 Å². The van der Waals surface area contributed by atoms with Crippen LogP contribution in [0.4, 0.5) is 0 Å². The van der Waals surface area contributed by atoms with Gasteiger partial charge in [0.15, 0.2) is 5.79 Å². The number of aryl methyl sites for hydroxylation is 1. The van der Waals surface area contributed by atoms with E-state index < -0.39 is 5.79 Å². The fraction of sp³-hybridized carbons (Fsp3) is 0.759. The predicted octanol–water partition coefficient (Wildman–Crippen LogP) is 7.90. The second-order valence-corrected chi connectivity index (χ2v) is 10.3. The molecule has 4 heteroatoms. The molecule has 33 heavy (non-hydrogen) atoms. The number of ketones is 1. The lowest BCUT2D eigenvalue weighted by atomic mass is 9.97. The summed E-state index contributed by atoms with van der Waals surface area (Å²) < 4.78 is 12.2. The van der Waals surface area contributed by atoms with Crippen molar-refractivity contribution < 1.29 is 19.4 Å². The van der Waals surface area contributed by atoms with E-state index in [2.05, 4.69) is 6.92 Å². The molecular weight excluding hydrogens is 412 g/mol. The molecule has 0 radical (unpaired) electrons. The van der Waals surface area contributed by atoms with Crippen LogP contribution in [0.1, 0.15) is 123 Å². The van der Waals surface area contributed by atoms with Gasteiger partial charge in [-0.3, -0.25) is 4.79 Å². The van der Waals surface area contributed by atoms with Crippen LogP contribution in [-0.2, 0) is 20.7 Å². The minimum atomic E-state index is -0.622. The third-order valence-corrected chi connectivity index (χ3v) is 6.64. The Morgan fingerprint density at radius 2 is 1.42 bits per heavy atom. The van der Waals surface area contributed by atoms with Crippen LogP contribution < -0.4 is 0 Å². The van der Waals surface area contributed by atoms with Crippen LogP contribution in [0.25, 0.3) is 0 Å². The number of hydrogen-bond acceptors (Lipinski definition) is 4. The zero-order chi connectivity index (χ0) is 23.9. The molecule has 188 valence electrons. The third-order valence-electron chi connectivity index (χ3n) is 6.64. The number of rotatable bonds is 17. The van der Waals surface area contributed by atoms with Gasteiger partial charge < -0.3 is 14.6 Å². The van der Waals surface area contributed by atoms with Crippen molar-refractivity contribution in [2.75, 3.05) is 0 Å². The summed E-state index contributed by atoms with van der Waals surface area (Å²) >= 11 is 0. The highest BCUT2D eigenvalue weighted by Gasteiger charge is 2.35. The number of carbonyl (C=O) groups is 1. The van der Waals surface area contributed by atoms with Crippen LogP contribution in [0.5, 0.6) is 5.75 Å². The van der Waals surface area contributed by atoms with Crippen LogP contribution in [0.2, 0.25) is 0 Å². The van der Waals surface area contributed by atoms with E-state index in [0.29, 0.717) is 19.3 Å². The summed E-state index contributed by atoms with van der Waals surface area (Å²) in [6, 6.07) is 7.09. The molecule has 1 aliphatic heterocycles. The lowest BCUT2D eigenvalue weighted by molar-refractivity contribution is -0.300. The van der Waals surface area contributed by atoms with Crippen molar-refractivity contribution in [1.82, 2.24) is 0 Å². The van der Waals surface area contributed by atoms with E-state index in [0.717, 1.165) is 18.4 Å². The molecule has 1 fully saturated rings. The van der Waals surface area contributed by atoms with E-state index >= 15 is 0 Å². The van der Waals surface area contributed by atoms with Gasteiger partial charge in [-0.1, -0.05) is 89.7 Å². The summed E-state index contributed by atoms with van der Waals surface area (Å²) in [6.07, 6.45) is 18.5. The van der Waals surface area contributed by atoms with Gasteiger partial charge in [0.2, 0.25) is 0 Å². The van der Waals surface area contributed by atoms with Crippen molar-refractivity contribution in [1.29, 1.82) is 0 Å². The summed E-state index contributed by atoms with van der Waals surface area (Å²) in [7, 11) is 0. The molecule has 2 atom stereocenters. The number of unbranched alkanes of at least 4 members (excludes halogenated alkanes) is 10. The topological polar surface area (TPSA) is 55.8 Å². The van der Waals surface area contributed by atoms with Crippen LogP contribution >= 0.6 is 0 Å². The molecule has 0 saturated carbocycles. The van der Waals surface area contributed by atoms with Gasteiger partial charge in [0, 0.05) is 19.3 Å². The Bertz CT molecular complexity index is 652. The normalized spacial score (nSPS) is 20.1. The average molecular weight is 461 g/mol. The Morgan fingerprint density at radius 3 is 2.03 bits per heavy atom. The fourth-order valence-electron chi connectivity index (χ4n) is 4.86. The molecular formula is C29H48O4. The first-order chi connectivity index (χ1) is 15.9. The van der Waals surface area contributed by atoms with E-state index in [4.69, 9.17) is 9.47 Å². The summed E-state index contributed by atoms with van der Waals surface area (Å²) in [5, 5.41) is 9.39. The minimum Gasteiger partial charge on any atom is -0.508 e. The Morgan fingerprint density at radius 1 is 0.879 bits per heavy atom. The van der Waals surface area contributed by atoms with Crippen LogP contribution in [0.3, 0.4) is 0 Å². The van der Waals surface area contributed by atoms with Crippen LogP contribution in [-0.4, -0.2) is 28.9 Å². The van der Waals surface area contributed by atoms with Gasteiger partial charge in [-0.05, 0) is 44.4 Å². The summed E-state index contributed by atoms with van der Waals surface area (Å²) in [4.78, 5) is 12.6. The van der Waals surface area contributed by atoms with Gasteiger partial charge in [-0.25, -0.2) is 0 Å². The van der Waals surface area contributed by atoms with Crippen molar-refractivity contribution in [3.63, 3.8) is 0 Å². The maximum absolute atomic E-state index is 12.6. The molecule has 1 heterocycles. The minimum absolute atomic E-state index is 0.0567. The summed E-state index contributed by atoms with van der Waals surface area (Å²) in [6.45, 7) is 6.20. The molecule has 0 unspecified atom stereocenters. The quantitative estimate of drug-likeness (QED) is 0.240. The summed E-state index contributed by atoms with van der Waals surface area (Å²) in [5.41, 5.74) is 1.07. The molecule has 0 aromatic heterocycles. The van der Waals surface area contributed by atoms with Crippen molar-refractivity contribution in [3.05, 3.63) is 29.8 Å². The van der Waals surface area contributed by atoms with E-state index in [9.17, 15) is 9.90 Å². The number of Topliss-reactive ketones (excluding diaryl/α,β-unsaturated/α-hetero) is 1. The van der Waals surface area contributed by atoms with Crippen LogP contribution in [0.15, 0.2) is 24.3 Å². The maximum Gasteiger partial charge on any atom is 0.163 e. The van der Waals surface area contributed by atoms with Gasteiger partial charge in [-0.2, -0.15) is 0 Å². The first kappa shape index (κ1) is 27.9. The SMILES string of the molecule is CCCCCCCCCCCCC[C@@H]1C[C@@H](CC(=O)CCc2ccc(O)cc2)OC(C)(C)O1. The molecule has 4 nitrogen and oxygen atoms in total. The van der Waals surface area contributed by atoms with Crippen molar-refractivity contribution in [3.8, 4) is 5.75 Å². The first-order valence-electron chi connectivity index (χ1n) is 13.5. The van der Waals surface area contributed by atoms with E-state index in [-0.39, 0.29) is 23.7 Å². The number of hydrogen-bond donors (Lipinski definition) is 1. The van der Waals surface area contributed by atoms with E-state index in [1.54, 1.807) is 12.1 Å². The molecule has 2 rings (SSSR count). The van der Waals surface area contributed by atoms with Gasteiger partial charge in [0.1, 0.15) is 11.5 Å². The molecule has 1 saturated heterocycles. The number of phenolic OH excluding ortho intramolecular Hbond substituents is 1. The molecule has 1 aromatic rings. The molecule has 0 bridgehead atoms. The number of phenols is 1. The second kappa shape index (κ2) is 15.5. The predicted molar refractivity (Wildman–Crippen MR) is 136 cm³/mol. The number of benzene rings is 1. The second-order valence-electron chi connectivity index (χ2n) is 10.3. The monoisotopic (exact) mass is 460 g/mol. The van der Waals surface area contributed by atoms with Crippen molar-refractivity contribution >= 4 is 5.78 Å². The fourth-order valence-corrected chi connectivity index (χ4v) is 4.86. The van der Waals surface area contributed by atoms with Gasteiger partial charge in [0.25, 0.3) is 0 Å². The highest BCUT2D eigenvalue weighted by molar-refractivity contribution is 5.79. The lowest BCUT2D eigenvalue weighted by Gasteiger charge is -2.41. The summed E-state index contributed by atoms with van der Waals surface area (Å²) in [5.74, 6) is -0.131. The highest BCUT2D eigenvalue weighted by Crippen LogP contribution is 2.31. The lowest BCUT2D eigenvalue weighted by Crippen LogP contribution is -2.45. The highest BCUT2D eigenvalue weighted by atomic mass is 16.7. The molecule has 0 amide bonds. The molecule has 0 aliphatic carbocycles. The number of aromatic hydroxyl groups is 1. The molecule has 0 spiro atoms. The molecule has 1 aromatic carbocycles. The Kier molecular flexibility index (Phi) is 13.1. The Labute approximate surface area is 202 Å². The van der Waals surface area contributed by atoms with E-state index in [1.807, 2.05) is 26.0 Å². The molecule has 1 aliphatic rings. The van der Waals surface area contributed by atoms with Crippen molar-refractivity contribution in [2.24, 2.45) is 0 Å². The number of carbonyl (C=O) groups excluding carboxylic acids is 1. The zero-order valence-electron chi connectivity index (χ0n) is 21.4. The van der Waals surface area contributed by atoms with Gasteiger partial charge in [-0.15, -0.1) is 0 Å². The first-order valence-corrected chi connectivity index (χ1v) is 13.5. The van der Waals surface area contributed by atoms with Gasteiger partial charge in [0.05, 0.1) is 12.2 Å². The Hall–Kier alpha value is -1.39. The third kappa shape index (κ3) is 12.6. The Balaban J connectivity index is 1.59. The van der Waals surface area contributed by atoms with Gasteiger partial charge >= 0.3 is 0 Å². The average Bonchev–Trinajstić information content (AvgIpc) is 2.76. The molecule has 1 N–H and O–H groups in total. The number of ether oxygens (including phenoxy) is 2. The smallest absolute Gasteiger partial charge is 0.163 e. The maximum atomic E-state index is 12.6. The zero-order valence-corrected chi connectivity index (χ0v) is 21.4.